The van der Waals surface area contributed by atoms with Crippen molar-refractivity contribution in [1.29, 1.82) is 0 Å². The molecule has 1 fully saturated rings. The van der Waals surface area contributed by atoms with Crippen LogP contribution in [0.25, 0.3) is 0 Å². The van der Waals surface area contributed by atoms with Crippen molar-refractivity contribution in [3.63, 3.8) is 0 Å². The molecule has 1 saturated carbocycles. The third-order valence-electron chi connectivity index (χ3n) is 3.20. The standard InChI is InChI=1S/C12H17NO2/c1-9(10-3-4-10)13(2)7-11-5-6-12(8-14)15-11/h5-6,8-10H,3-4,7H2,1-2H3. The van der Waals surface area contributed by atoms with Gasteiger partial charge in [0.05, 0.1) is 6.54 Å². The van der Waals surface area contributed by atoms with E-state index in [1.165, 1.54) is 12.8 Å². The van der Waals surface area contributed by atoms with Crippen molar-refractivity contribution >= 4 is 6.29 Å². The average Bonchev–Trinajstić information content (AvgIpc) is 2.98. The Balaban J connectivity index is 1.92. The van der Waals surface area contributed by atoms with Crippen LogP contribution in [-0.2, 0) is 6.54 Å². The van der Waals surface area contributed by atoms with Crippen molar-refractivity contribution in [1.82, 2.24) is 4.90 Å². The zero-order chi connectivity index (χ0) is 10.8. The predicted molar refractivity (Wildman–Crippen MR) is 57.7 cm³/mol. The molecular weight excluding hydrogens is 190 g/mol. The van der Waals surface area contributed by atoms with Crippen molar-refractivity contribution < 1.29 is 9.21 Å². The maximum atomic E-state index is 10.5. The number of hydrogen-bond acceptors (Lipinski definition) is 3. The van der Waals surface area contributed by atoms with Crippen LogP contribution in [0.1, 0.15) is 36.1 Å². The van der Waals surface area contributed by atoms with Gasteiger partial charge >= 0.3 is 0 Å². The Morgan fingerprint density at radius 2 is 2.33 bits per heavy atom. The van der Waals surface area contributed by atoms with Gasteiger partial charge in [-0.25, -0.2) is 0 Å². The van der Waals surface area contributed by atoms with Crippen LogP contribution in [0.5, 0.6) is 0 Å². The van der Waals surface area contributed by atoms with Crippen molar-refractivity contribution in [2.45, 2.75) is 32.4 Å². The van der Waals surface area contributed by atoms with Crippen LogP contribution in [-0.4, -0.2) is 24.3 Å². The number of carbonyl (C=O) groups excluding carboxylic acids is 1. The Kier molecular flexibility index (Phi) is 2.91. The first-order valence-electron chi connectivity index (χ1n) is 5.45. The first kappa shape index (κ1) is 10.4. The molecule has 3 nitrogen and oxygen atoms in total. The van der Waals surface area contributed by atoms with Gasteiger partial charge in [-0.3, -0.25) is 9.69 Å². The van der Waals surface area contributed by atoms with Crippen LogP contribution in [0.15, 0.2) is 16.5 Å². The number of aldehydes is 1. The summed E-state index contributed by atoms with van der Waals surface area (Å²) in [6, 6.07) is 4.20. The van der Waals surface area contributed by atoms with E-state index in [4.69, 9.17) is 4.42 Å². The minimum absolute atomic E-state index is 0.414. The van der Waals surface area contributed by atoms with E-state index in [9.17, 15) is 4.79 Å². The molecule has 0 radical (unpaired) electrons. The lowest BCUT2D eigenvalue weighted by molar-refractivity contribution is 0.109. The van der Waals surface area contributed by atoms with Crippen molar-refractivity contribution in [2.75, 3.05) is 7.05 Å². The third-order valence-corrected chi connectivity index (χ3v) is 3.20. The highest BCUT2D eigenvalue weighted by atomic mass is 16.3. The average molecular weight is 207 g/mol. The summed E-state index contributed by atoms with van der Waals surface area (Å²) < 4.78 is 5.34. The number of carbonyl (C=O) groups is 1. The molecule has 1 aliphatic rings. The first-order chi connectivity index (χ1) is 7.20. The molecule has 0 N–H and O–H groups in total. The number of rotatable bonds is 5. The molecule has 0 amide bonds. The first-order valence-corrected chi connectivity index (χ1v) is 5.45. The fraction of sp³-hybridized carbons (Fsp3) is 0.583. The minimum atomic E-state index is 0.414. The summed E-state index contributed by atoms with van der Waals surface area (Å²) in [4.78, 5) is 12.7. The van der Waals surface area contributed by atoms with E-state index in [-0.39, 0.29) is 0 Å². The summed E-state index contributed by atoms with van der Waals surface area (Å²) in [5.41, 5.74) is 0. The zero-order valence-electron chi connectivity index (χ0n) is 9.27. The molecule has 1 aliphatic carbocycles. The van der Waals surface area contributed by atoms with Crippen molar-refractivity contribution in [3.8, 4) is 0 Å². The Bertz CT molecular complexity index is 341. The van der Waals surface area contributed by atoms with Gasteiger partial charge in [-0.1, -0.05) is 0 Å². The Hall–Kier alpha value is -1.09. The molecule has 1 atom stereocenters. The summed E-state index contributed by atoms with van der Waals surface area (Å²) >= 11 is 0. The van der Waals surface area contributed by atoms with Gasteiger partial charge in [-0.15, -0.1) is 0 Å². The summed E-state index contributed by atoms with van der Waals surface area (Å²) in [6.07, 6.45) is 3.44. The monoisotopic (exact) mass is 207 g/mol. The van der Waals surface area contributed by atoms with Crippen LogP contribution >= 0.6 is 0 Å². The van der Waals surface area contributed by atoms with Crippen LogP contribution in [0, 0.1) is 5.92 Å². The van der Waals surface area contributed by atoms with Crippen LogP contribution in [0.4, 0.5) is 0 Å². The highest BCUT2D eigenvalue weighted by molar-refractivity contribution is 5.70. The molecule has 1 aromatic rings. The number of nitrogens with zero attached hydrogens (tertiary/aromatic N) is 1. The lowest BCUT2D eigenvalue weighted by atomic mass is 10.2. The van der Waals surface area contributed by atoms with E-state index in [0.717, 1.165) is 24.5 Å². The molecule has 0 aromatic carbocycles. The number of hydrogen-bond donors (Lipinski definition) is 0. The second kappa shape index (κ2) is 4.19. The minimum Gasteiger partial charge on any atom is -0.457 e. The Morgan fingerprint density at radius 1 is 1.60 bits per heavy atom. The molecule has 1 heterocycles. The van der Waals surface area contributed by atoms with Gasteiger partial charge < -0.3 is 4.42 Å². The van der Waals surface area contributed by atoms with Gasteiger partial charge in [0.2, 0.25) is 0 Å². The lowest BCUT2D eigenvalue weighted by Gasteiger charge is -2.23. The third kappa shape index (κ3) is 2.48. The molecule has 3 heteroatoms. The summed E-state index contributed by atoms with van der Waals surface area (Å²) in [6.45, 7) is 3.03. The normalized spacial score (nSPS) is 18.1. The summed E-state index contributed by atoms with van der Waals surface area (Å²) in [5.74, 6) is 2.14. The van der Waals surface area contributed by atoms with E-state index < -0.39 is 0 Å². The lowest BCUT2D eigenvalue weighted by Crippen LogP contribution is -2.29. The summed E-state index contributed by atoms with van der Waals surface area (Å²) in [7, 11) is 2.10. The van der Waals surface area contributed by atoms with Gasteiger partial charge in [-0.2, -0.15) is 0 Å². The smallest absolute Gasteiger partial charge is 0.185 e. The molecule has 0 aliphatic heterocycles. The molecule has 2 rings (SSSR count). The van der Waals surface area contributed by atoms with E-state index in [1.807, 2.05) is 6.07 Å². The van der Waals surface area contributed by atoms with Crippen LogP contribution in [0.3, 0.4) is 0 Å². The molecule has 0 saturated heterocycles. The molecule has 1 unspecified atom stereocenters. The number of furan rings is 1. The molecule has 15 heavy (non-hydrogen) atoms. The fourth-order valence-electron chi connectivity index (χ4n) is 1.87. The van der Waals surface area contributed by atoms with Crippen LogP contribution in [0.2, 0.25) is 0 Å². The topological polar surface area (TPSA) is 33.5 Å². The predicted octanol–water partition coefficient (Wildman–Crippen LogP) is 2.32. The fourth-order valence-corrected chi connectivity index (χ4v) is 1.87. The zero-order valence-corrected chi connectivity index (χ0v) is 9.27. The highest BCUT2D eigenvalue weighted by Gasteiger charge is 2.30. The Labute approximate surface area is 90.1 Å². The highest BCUT2D eigenvalue weighted by Crippen LogP contribution is 2.35. The van der Waals surface area contributed by atoms with E-state index in [2.05, 4.69) is 18.9 Å². The van der Waals surface area contributed by atoms with Crippen LogP contribution < -0.4 is 0 Å². The second-order valence-corrected chi connectivity index (χ2v) is 4.42. The van der Waals surface area contributed by atoms with E-state index in [0.29, 0.717) is 11.8 Å². The molecule has 0 spiro atoms. The van der Waals surface area contributed by atoms with Gasteiger partial charge in [0.15, 0.2) is 12.0 Å². The molecule has 0 bridgehead atoms. The molecular formula is C12H17NO2. The van der Waals surface area contributed by atoms with Gasteiger partial charge in [0.1, 0.15) is 5.76 Å². The molecule has 1 aromatic heterocycles. The molecule has 82 valence electrons. The van der Waals surface area contributed by atoms with E-state index >= 15 is 0 Å². The van der Waals surface area contributed by atoms with E-state index in [1.54, 1.807) is 6.07 Å². The van der Waals surface area contributed by atoms with Crippen molar-refractivity contribution in [3.05, 3.63) is 23.7 Å². The maximum Gasteiger partial charge on any atom is 0.185 e. The second-order valence-electron chi connectivity index (χ2n) is 4.42. The Morgan fingerprint density at radius 3 is 2.87 bits per heavy atom. The maximum absolute atomic E-state index is 10.5. The van der Waals surface area contributed by atoms with Crippen molar-refractivity contribution in [2.24, 2.45) is 5.92 Å². The summed E-state index contributed by atoms with van der Waals surface area (Å²) in [5, 5.41) is 0. The van der Waals surface area contributed by atoms with Gasteiger partial charge in [0, 0.05) is 6.04 Å². The van der Waals surface area contributed by atoms with Gasteiger partial charge in [0.25, 0.3) is 0 Å². The SMILES string of the molecule is CC(C1CC1)N(C)Cc1ccc(C=O)o1. The quantitative estimate of drug-likeness (QED) is 0.695. The largest absolute Gasteiger partial charge is 0.457 e. The van der Waals surface area contributed by atoms with Gasteiger partial charge in [-0.05, 0) is 44.9 Å².